The maximum Gasteiger partial charge on any atom is 0.129 e. The van der Waals surface area contributed by atoms with Gasteiger partial charge in [-0.3, -0.25) is 0 Å². The average molecular weight is 309 g/mol. The first kappa shape index (κ1) is 13.9. The van der Waals surface area contributed by atoms with Crippen LogP contribution >= 0.6 is 27.5 Å². The maximum atomic E-state index is 13.6. The van der Waals surface area contributed by atoms with Gasteiger partial charge in [0.2, 0.25) is 0 Å². The van der Waals surface area contributed by atoms with Crippen LogP contribution in [0.15, 0.2) is 16.6 Å². The molecule has 16 heavy (non-hydrogen) atoms. The predicted octanol–water partition coefficient (Wildman–Crippen LogP) is 4.68. The summed E-state index contributed by atoms with van der Waals surface area (Å²) in [4.78, 5) is 0. The van der Waals surface area contributed by atoms with Crippen LogP contribution in [0.3, 0.4) is 0 Å². The molecule has 0 amide bonds. The second-order valence-corrected chi connectivity index (χ2v) is 5.63. The van der Waals surface area contributed by atoms with Crippen LogP contribution in [-0.4, -0.2) is 0 Å². The summed E-state index contributed by atoms with van der Waals surface area (Å²) in [7, 11) is 0. The molecule has 0 aliphatic heterocycles. The van der Waals surface area contributed by atoms with E-state index in [1.54, 1.807) is 6.07 Å². The van der Waals surface area contributed by atoms with E-state index in [4.69, 9.17) is 17.3 Å². The van der Waals surface area contributed by atoms with Gasteiger partial charge in [-0.2, -0.15) is 0 Å². The minimum atomic E-state index is -0.299. The zero-order valence-corrected chi connectivity index (χ0v) is 11.8. The van der Waals surface area contributed by atoms with Crippen molar-refractivity contribution in [2.24, 2.45) is 11.7 Å². The fourth-order valence-electron chi connectivity index (χ4n) is 1.49. The van der Waals surface area contributed by atoms with Crippen molar-refractivity contribution < 1.29 is 4.39 Å². The second kappa shape index (κ2) is 5.99. The van der Waals surface area contributed by atoms with Crippen LogP contribution < -0.4 is 5.73 Å². The van der Waals surface area contributed by atoms with Gasteiger partial charge >= 0.3 is 0 Å². The van der Waals surface area contributed by atoms with Crippen LogP contribution in [0.1, 0.15) is 38.3 Å². The molecule has 0 fully saturated rings. The molecule has 1 unspecified atom stereocenters. The van der Waals surface area contributed by atoms with Gasteiger partial charge in [-0.05, 0) is 46.8 Å². The lowest BCUT2D eigenvalue weighted by molar-refractivity contribution is 0.491. The summed E-state index contributed by atoms with van der Waals surface area (Å²) >= 11 is 9.10. The summed E-state index contributed by atoms with van der Waals surface area (Å²) < 4.78 is 14.2. The normalized spacial score (nSPS) is 13.2. The second-order valence-electron chi connectivity index (χ2n) is 4.37. The Hall–Kier alpha value is -0.120. The molecule has 0 radical (unpaired) electrons. The zero-order chi connectivity index (χ0) is 12.3. The Labute approximate surface area is 109 Å². The van der Waals surface area contributed by atoms with Gasteiger partial charge in [0.1, 0.15) is 5.82 Å². The monoisotopic (exact) mass is 307 g/mol. The Morgan fingerprint density at radius 3 is 2.56 bits per heavy atom. The molecule has 0 heterocycles. The van der Waals surface area contributed by atoms with E-state index in [9.17, 15) is 4.39 Å². The van der Waals surface area contributed by atoms with Gasteiger partial charge in [-0.15, -0.1) is 0 Å². The molecule has 0 aliphatic rings. The standard InChI is InChI=1S/C12H16BrClFN/c1-7(2)3-4-12(16)8-5-10(14)9(13)6-11(8)15/h5-7,12H,3-4,16H2,1-2H3. The summed E-state index contributed by atoms with van der Waals surface area (Å²) in [5.74, 6) is 0.271. The molecule has 1 aromatic rings. The van der Waals surface area contributed by atoms with Gasteiger partial charge in [0, 0.05) is 16.1 Å². The average Bonchev–Trinajstić information content (AvgIpc) is 2.20. The molecule has 1 aromatic carbocycles. The quantitative estimate of drug-likeness (QED) is 0.803. The highest BCUT2D eigenvalue weighted by Crippen LogP contribution is 2.29. The minimum Gasteiger partial charge on any atom is -0.324 e. The molecule has 0 saturated carbocycles. The van der Waals surface area contributed by atoms with Crippen molar-refractivity contribution in [1.29, 1.82) is 0 Å². The van der Waals surface area contributed by atoms with Gasteiger partial charge in [0.25, 0.3) is 0 Å². The molecule has 0 saturated heterocycles. The molecule has 4 heteroatoms. The highest BCUT2D eigenvalue weighted by molar-refractivity contribution is 9.10. The molecule has 1 atom stereocenters. The largest absolute Gasteiger partial charge is 0.324 e. The topological polar surface area (TPSA) is 26.0 Å². The summed E-state index contributed by atoms with van der Waals surface area (Å²) in [6.45, 7) is 4.25. The van der Waals surface area contributed by atoms with Crippen molar-refractivity contribution in [3.05, 3.63) is 33.0 Å². The van der Waals surface area contributed by atoms with E-state index in [-0.39, 0.29) is 11.9 Å². The predicted molar refractivity (Wildman–Crippen MR) is 70.1 cm³/mol. The van der Waals surface area contributed by atoms with E-state index in [1.165, 1.54) is 6.07 Å². The highest BCUT2D eigenvalue weighted by Gasteiger charge is 2.14. The fourth-order valence-corrected chi connectivity index (χ4v) is 1.98. The Morgan fingerprint density at radius 1 is 1.38 bits per heavy atom. The molecule has 1 nitrogen and oxygen atoms in total. The third kappa shape index (κ3) is 3.72. The molecule has 0 aromatic heterocycles. The van der Waals surface area contributed by atoms with Crippen LogP contribution in [0.2, 0.25) is 5.02 Å². The van der Waals surface area contributed by atoms with Crippen molar-refractivity contribution in [2.75, 3.05) is 0 Å². The van der Waals surface area contributed by atoms with E-state index in [2.05, 4.69) is 29.8 Å². The molecular formula is C12H16BrClFN. The molecule has 90 valence electrons. The first-order valence-electron chi connectivity index (χ1n) is 5.31. The summed E-state index contributed by atoms with van der Waals surface area (Å²) in [5, 5.41) is 0.497. The van der Waals surface area contributed by atoms with Gasteiger partial charge in [0.05, 0.1) is 5.02 Å². The van der Waals surface area contributed by atoms with Crippen molar-refractivity contribution in [3.8, 4) is 0 Å². The lowest BCUT2D eigenvalue weighted by atomic mass is 9.98. The van der Waals surface area contributed by atoms with Crippen molar-refractivity contribution in [2.45, 2.75) is 32.7 Å². The van der Waals surface area contributed by atoms with Gasteiger partial charge in [-0.1, -0.05) is 25.4 Å². The summed E-state index contributed by atoms with van der Waals surface area (Å²) in [5.41, 5.74) is 6.44. The highest BCUT2D eigenvalue weighted by atomic mass is 79.9. The van der Waals surface area contributed by atoms with Crippen molar-refractivity contribution in [1.82, 2.24) is 0 Å². The van der Waals surface area contributed by atoms with Gasteiger partial charge in [0.15, 0.2) is 0 Å². The third-order valence-electron chi connectivity index (χ3n) is 2.49. The molecule has 2 N–H and O–H groups in total. The van der Waals surface area contributed by atoms with E-state index >= 15 is 0 Å². The molecule has 0 aliphatic carbocycles. The minimum absolute atomic E-state index is 0.284. The molecule has 1 rings (SSSR count). The first-order chi connectivity index (χ1) is 7.41. The van der Waals surface area contributed by atoms with Crippen LogP contribution in [0.25, 0.3) is 0 Å². The van der Waals surface area contributed by atoms with Crippen molar-refractivity contribution >= 4 is 27.5 Å². The molecule has 0 spiro atoms. The van der Waals surface area contributed by atoms with Crippen LogP contribution in [0, 0.1) is 11.7 Å². The fraction of sp³-hybridized carbons (Fsp3) is 0.500. The number of hydrogen-bond donors (Lipinski definition) is 1. The van der Waals surface area contributed by atoms with Crippen LogP contribution in [0.5, 0.6) is 0 Å². The van der Waals surface area contributed by atoms with Crippen LogP contribution in [-0.2, 0) is 0 Å². The first-order valence-corrected chi connectivity index (χ1v) is 6.49. The Balaban J connectivity index is 2.82. The van der Waals surface area contributed by atoms with E-state index in [1.807, 2.05) is 0 Å². The van der Waals surface area contributed by atoms with Gasteiger partial charge < -0.3 is 5.73 Å². The lowest BCUT2D eigenvalue weighted by Gasteiger charge is -2.15. The number of halogens is 3. The molecular weight excluding hydrogens is 292 g/mol. The molecule has 0 bridgehead atoms. The number of rotatable bonds is 4. The summed E-state index contributed by atoms with van der Waals surface area (Å²) in [6.07, 6.45) is 1.75. The third-order valence-corrected chi connectivity index (χ3v) is 3.69. The van der Waals surface area contributed by atoms with Crippen LogP contribution in [0.4, 0.5) is 4.39 Å². The Bertz CT molecular complexity index is 368. The van der Waals surface area contributed by atoms with E-state index < -0.39 is 0 Å². The number of hydrogen-bond acceptors (Lipinski definition) is 1. The Kier molecular flexibility index (Phi) is 5.22. The van der Waals surface area contributed by atoms with Crippen molar-refractivity contribution in [3.63, 3.8) is 0 Å². The summed E-state index contributed by atoms with van der Waals surface area (Å²) in [6, 6.07) is 2.69. The number of nitrogens with two attached hydrogens (primary N) is 1. The zero-order valence-electron chi connectivity index (χ0n) is 9.43. The lowest BCUT2D eigenvalue weighted by Crippen LogP contribution is -2.13. The Morgan fingerprint density at radius 2 is 2.00 bits per heavy atom. The smallest absolute Gasteiger partial charge is 0.129 e. The van der Waals surface area contributed by atoms with Gasteiger partial charge in [-0.25, -0.2) is 4.39 Å². The SMILES string of the molecule is CC(C)CCC(N)c1cc(Cl)c(Br)cc1F. The maximum absolute atomic E-state index is 13.6. The van der Waals surface area contributed by atoms with E-state index in [0.29, 0.717) is 21.0 Å². The number of benzene rings is 1. The van der Waals surface area contributed by atoms with E-state index in [0.717, 1.165) is 12.8 Å².